The van der Waals surface area contributed by atoms with Crippen molar-refractivity contribution in [3.8, 4) is 0 Å². The number of hydrogen-bond acceptors (Lipinski definition) is 5. The van der Waals surface area contributed by atoms with Gasteiger partial charge in [0.15, 0.2) is 0 Å². The Kier molecular flexibility index (Phi) is 5.11. The zero-order chi connectivity index (χ0) is 12.7. The van der Waals surface area contributed by atoms with Crippen molar-refractivity contribution in [3.05, 3.63) is 35.9 Å². The lowest BCUT2D eigenvalue weighted by atomic mass is 10.1. The second-order valence-corrected chi connectivity index (χ2v) is 5.11. The molecule has 0 saturated heterocycles. The number of benzene rings is 1. The molecule has 0 unspecified atom stereocenters. The fourth-order valence-electron chi connectivity index (χ4n) is 1.22. The Morgan fingerprint density at radius 2 is 1.88 bits per heavy atom. The maximum Gasteiger partial charge on any atom is 0.343 e. The summed E-state index contributed by atoms with van der Waals surface area (Å²) >= 11 is 0. The van der Waals surface area contributed by atoms with E-state index >= 15 is 0 Å². The van der Waals surface area contributed by atoms with Gasteiger partial charge in [0.1, 0.15) is 0 Å². The monoisotopic (exact) mass is 258 g/mol. The molecule has 1 aromatic rings. The lowest BCUT2D eigenvalue weighted by molar-refractivity contribution is -0.211. The molecule has 0 radical (unpaired) electrons. The van der Waals surface area contributed by atoms with Crippen molar-refractivity contribution in [2.45, 2.75) is 19.3 Å². The van der Waals surface area contributed by atoms with Crippen LogP contribution in [0.3, 0.4) is 0 Å². The summed E-state index contributed by atoms with van der Waals surface area (Å²) in [6.45, 7) is 0. The van der Waals surface area contributed by atoms with Gasteiger partial charge in [-0.05, 0) is 18.4 Å². The molecule has 1 rings (SSSR count). The largest absolute Gasteiger partial charge is 0.343 e. The highest BCUT2D eigenvalue weighted by atomic mass is 32.2. The van der Waals surface area contributed by atoms with Crippen LogP contribution in [-0.4, -0.2) is 20.6 Å². The molecule has 0 bridgehead atoms. The van der Waals surface area contributed by atoms with Crippen molar-refractivity contribution in [3.63, 3.8) is 0 Å². The molecule has 17 heavy (non-hydrogen) atoms. The van der Waals surface area contributed by atoms with Gasteiger partial charge in [0.25, 0.3) is 10.1 Å². The van der Waals surface area contributed by atoms with Crippen LogP contribution in [-0.2, 0) is 30.6 Å². The quantitative estimate of drug-likeness (QED) is 0.570. The third-order valence-electron chi connectivity index (χ3n) is 1.94. The van der Waals surface area contributed by atoms with E-state index in [-0.39, 0.29) is 6.42 Å². The third-order valence-corrected chi connectivity index (χ3v) is 2.25. The zero-order valence-electron chi connectivity index (χ0n) is 9.46. The molecule has 0 aliphatic rings. The lowest BCUT2D eigenvalue weighted by Gasteiger charge is -2.01. The fourth-order valence-corrected chi connectivity index (χ4v) is 1.42. The molecule has 0 fully saturated rings. The Bertz CT molecular complexity index is 452. The first-order chi connectivity index (χ1) is 7.97. The Balaban J connectivity index is 2.21. The molecule has 5 nitrogen and oxygen atoms in total. The lowest BCUT2D eigenvalue weighted by Crippen LogP contribution is -2.10. The minimum absolute atomic E-state index is 0.115. The third kappa shape index (κ3) is 6.70. The van der Waals surface area contributed by atoms with Crippen LogP contribution in [0.2, 0.25) is 0 Å². The summed E-state index contributed by atoms with van der Waals surface area (Å²) in [6.07, 6.45) is 2.24. The van der Waals surface area contributed by atoms with Gasteiger partial charge < -0.3 is 0 Å². The molecule has 6 heteroatoms. The summed E-state index contributed by atoms with van der Waals surface area (Å²) in [7, 11) is -3.74. The molecule has 0 heterocycles. The van der Waals surface area contributed by atoms with E-state index in [9.17, 15) is 13.2 Å². The summed E-state index contributed by atoms with van der Waals surface area (Å²) in [5, 5.41) is 0. The maximum absolute atomic E-state index is 11.1. The minimum atomic E-state index is -3.74. The number of rotatable bonds is 6. The van der Waals surface area contributed by atoms with Gasteiger partial charge >= 0.3 is 5.97 Å². The number of carbonyl (C=O) groups excluding carboxylic acids is 1. The van der Waals surface area contributed by atoms with E-state index in [0.717, 1.165) is 18.2 Å². The molecule has 0 saturated carbocycles. The van der Waals surface area contributed by atoms with Crippen LogP contribution in [0.25, 0.3) is 0 Å². The molecular formula is C11H14O5S. The first kappa shape index (κ1) is 13.7. The fraction of sp³-hybridized carbons (Fsp3) is 0.364. The van der Waals surface area contributed by atoms with Crippen molar-refractivity contribution < 1.29 is 22.4 Å². The highest BCUT2D eigenvalue weighted by Crippen LogP contribution is 2.05. The average molecular weight is 258 g/mol. The van der Waals surface area contributed by atoms with Gasteiger partial charge in [0, 0.05) is 6.42 Å². The summed E-state index contributed by atoms with van der Waals surface area (Å²) in [5.41, 5.74) is 1.12. The zero-order valence-corrected chi connectivity index (χ0v) is 10.3. The molecule has 0 amide bonds. The van der Waals surface area contributed by atoms with Gasteiger partial charge in [-0.1, -0.05) is 34.7 Å². The molecule has 0 atom stereocenters. The van der Waals surface area contributed by atoms with Crippen LogP contribution >= 0.6 is 0 Å². The number of aryl methyl sites for hydroxylation is 1. The molecule has 0 N–H and O–H groups in total. The molecule has 0 spiro atoms. The number of hydrogen-bond donors (Lipinski definition) is 0. The Morgan fingerprint density at radius 1 is 1.24 bits per heavy atom. The van der Waals surface area contributed by atoms with E-state index in [0.29, 0.717) is 6.42 Å². The smallest absolute Gasteiger partial charge is 0.282 e. The van der Waals surface area contributed by atoms with Gasteiger partial charge in [-0.3, -0.25) is 4.89 Å². The van der Waals surface area contributed by atoms with E-state index < -0.39 is 16.1 Å². The van der Waals surface area contributed by atoms with Crippen molar-refractivity contribution in [1.29, 1.82) is 0 Å². The standard InChI is InChI=1S/C11H14O5S/c1-17(13,14)16-15-11(12)9-5-8-10-6-3-2-4-7-10/h2-4,6-7H,5,8-9H2,1H3. The van der Waals surface area contributed by atoms with Gasteiger partial charge in [-0.2, -0.15) is 8.42 Å². The minimum Gasteiger partial charge on any atom is -0.282 e. The first-order valence-corrected chi connectivity index (χ1v) is 6.92. The van der Waals surface area contributed by atoms with Crippen LogP contribution in [0.1, 0.15) is 18.4 Å². The van der Waals surface area contributed by atoms with E-state index in [4.69, 9.17) is 0 Å². The van der Waals surface area contributed by atoms with Crippen LogP contribution in [0.15, 0.2) is 30.3 Å². The molecule has 1 aromatic carbocycles. The van der Waals surface area contributed by atoms with Gasteiger partial charge in [0.2, 0.25) is 0 Å². The van der Waals surface area contributed by atoms with E-state index in [2.05, 4.69) is 9.22 Å². The van der Waals surface area contributed by atoms with Crippen molar-refractivity contribution in [2.75, 3.05) is 6.26 Å². The first-order valence-electron chi connectivity index (χ1n) is 5.10. The Labute approximate surface area is 100 Å². The van der Waals surface area contributed by atoms with E-state index in [1.807, 2.05) is 30.3 Å². The van der Waals surface area contributed by atoms with Gasteiger partial charge in [-0.15, -0.1) is 0 Å². The topological polar surface area (TPSA) is 69.7 Å². The summed E-state index contributed by atoms with van der Waals surface area (Å²) < 4.78 is 25.0. The molecular weight excluding hydrogens is 244 g/mol. The molecule has 0 aliphatic heterocycles. The summed E-state index contributed by atoms with van der Waals surface area (Å²) in [6, 6.07) is 9.66. The van der Waals surface area contributed by atoms with Crippen molar-refractivity contribution in [2.24, 2.45) is 0 Å². The number of carbonyl (C=O) groups is 1. The molecule has 0 aliphatic carbocycles. The van der Waals surface area contributed by atoms with E-state index in [1.54, 1.807) is 0 Å². The SMILES string of the molecule is CS(=O)(=O)OOC(=O)CCCc1ccccc1. The van der Waals surface area contributed by atoms with Crippen LogP contribution in [0.4, 0.5) is 0 Å². The normalized spacial score (nSPS) is 11.1. The Hall–Kier alpha value is -1.40. The second-order valence-electron chi connectivity index (χ2n) is 3.57. The average Bonchev–Trinajstić information content (AvgIpc) is 2.27. The van der Waals surface area contributed by atoms with Crippen molar-refractivity contribution >= 4 is 16.1 Å². The van der Waals surface area contributed by atoms with Crippen LogP contribution in [0, 0.1) is 0 Å². The van der Waals surface area contributed by atoms with Crippen LogP contribution < -0.4 is 0 Å². The van der Waals surface area contributed by atoms with E-state index in [1.165, 1.54) is 0 Å². The molecule has 94 valence electrons. The van der Waals surface area contributed by atoms with Crippen molar-refractivity contribution in [1.82, 2.24) is 0 Å². The van der Waals surface area contributed by atoms with Gasteiger partial charge in [-0.25, -0.2) is 4.79 Å². The predicted molar refractivity (Wildman–Crippen MR) is 61.4 cm³/mol. The molecule has 0 aromatic heterocycles. The second kappa shape index (κ2) is 6.36. The van der Waals surface area contributed by atoms with Gasteiger partial charge in [0.05, 0.1) is 6.26 Å². The summed E-state index contributed by atoms with van der Waals surface area (Å²) in [5.74, 6) is -0.689. The summed E-state index contributed by atoms with van der Waals surface area (Å²) in [4.78, 5) is 15.2. The Morgan fingerprint density at radius 3 is 2.47 bits per heavy atom. The maximum atomic E-state index is 11.1. The highest BCUT2D eigenvalue weighted by molar-refractivity contribution is 7.85. The highest BCUT2D eigenvalue weighted by Gasteiger charge is 2.09. The predicted octanol–water partition coefficient (Wildman–Crippen LogP) is 1.44. The van der Waals surface area contributed by atoms with Crippen LogP contribution in [0.5, 0.6) is 0 Å².